The molecule has 0 aliphatic carbocycles. The first-order chi connectivity index (χ1) is 9.99. The van der Waals surface area contributed by atoms with Crippen molar-refractivity contribution in [2.24, 2.45) is 0 Å². The second-order valence-corrected chi connectivity index (χ2v) is 4.45. The number of ether oxygens (including phenoxy) is 2. The minimum Gasteiger partial charge on any atom is -0.496 e. The van der Waals surface area contributed by atoms with Crippen LogP contribution in [0.2, 0.25) is 0 Å². The van der Waals surface area contributed by atoms with Gasteiger partial charge in [0, 0.05) is 6.07 Å². The Bertz CT molecular complexity index is 674. The summed E-state index contributed by atoms with van der Waals surface area (Å²) < 4.78 is 37.5. The van der Waals surface area contributed by atoms with Crippen LogP contribution >= 0.6 is 0 Å². The van der Waals surface area contributed by atoms with Crippen LogP contribution in [0.1, 0.15) is 21.5 Å². The van der Waals surface area contributed by atoms with E-state index in [1.54, 1.807) is 18.2 Å². The number of ketones is 1. The molecule has 0 bridgehead atoms. The fraction of sp³-hybridized carbons (Fsp3) is 0.188. The zero-order valence-electron chi connectivity index (χ0n) is 11.9. The summed E-state index contributed by atoms with van der Waals surface area (Å²) in [4.78, 5) is 12.6. The topological polar surface area (TPSA) is 35.5 Å². The van der Waals surface area contributed by atoms with Gasteiger partial charge in [0.1, 0.15) is 28.7 Å². The number of rotatable bonds is 4. The Labute approximate surface area is 121 Å². The molecule has 0 atom stereocenters. The Hall–Kier alpha value is -2.43. The van der Waals surface area contributed by atoms with Gasteiger partial charge in [0.05, 0.1) is 19.8 Å². The molecule has 0 spiro atoms. The lowest BCUT2D eigenvalue weighted by Crippen LogP contribution is -2.09. The lowest BCUT2D eigenvalue weighted by atomic mass is 9.99. The number of halogens is 2. The highest BCUT2D eigenvalue weighted by atomic mass is 19.1. The van der Waals surface area contributed by atoms with Crippen LogP contribution in [-0.4, -0.2) is 20.0 Å². The van der Waals surface area contributed by atoms with Crippen molar-refractivity contribution < 1.29 is 23.0 Å². The molecule has 0 aliphatic rings. The van der Waals surface area contributed by atoms with Gasteiger partial charge in [-0.25, -0.2) is 8.78 Å². The molecular weight excluding hydrogens is 278 g/mol. The molecule has 5 heteroatoms. The number of benzene rings is 2. The monoisotopic (exact) mass is 292 g/mol. The van der Waals surface area contributed by atoms with Crippen LogP contribution in [-0.2, 0) is 0 Å². The minimum absolute atomic E-state index is 0.104. The number of hydrogen-bond donors (Lipinski definition) is 0. The fourth-order valence-corrected chi connectivity index (χ4v) is 2.04. The standard InChI is InChI=1S/C16H14F2O3/c1-9-7-10(12(18)8-11(9)17)16(19)15-13(20-2)5-4-6-14(15)21-3/h4-8H,1-3H3. The highest BCUT2D eigenvalue weighted by molar-refractivity contribution is 6.12. The molecule has 0 fully saturated rings. The maximum absolute atomic E-state index is 13.9. The van der Waals surface area contributed by atoms with E-state index in [2.05, 4.69) is 0 Å². The van der Waals surface area contributed by atoms with Gasteiger partial charge < -0.3 is 9.47 Å². The van der Waals surface area contributed by atoms with E-state index in [9.17, 15) is 13.6 Å². The molecule has 0 N–H and O–H groups in total. The van der Waals surface area contributed by atoms with Crippen LogP contribution in [0.4, 0.5) is 8.78 Å². The van der Waals surface area contributed by atoms with Gasteiger partial charge in [-0.3, -0.25) is 4.79 Å². The molecule has 0 amide bonds. The summed E-state index contributed by atoms with van der Waals surface area (Å²) >= 11 is 0. The van der Waals surface area contributed by atoms with E-state index >= 15 is 0 Å². The summed E-state index contributed by atoms with van der Waals surface area (Å²) in [5.74, 6) is -1.71. The number of aryl methyl sites for hydroxylation is 1. The summed E-state index contributed by atoms with van der Waals surface area (Å²) in [6, 6.07) is 6.68. The molecule has 21 heavy (non-hydrogen) atoms. The van der Waals surface area contributed by atoms with Gasteiger partial charge in [0.15, 0.2) is 0 Å². The lowest BCUT2D eigenvalue weighted by Gasteiger charge is -2.13. The predicted molar refractivity (Wildman–Crippen MR) is 74.1 cm³/mol. The molecule has 0 aromatic heterocycles. The maximum atomic E-state index is 13.9. The van der Waals surface area contributed by atoms with Crippen molar-refractivity contribution in [1.82, 2.24) is 0 Å². The van der Waals surface area contributed by atoms with Gasteiger partial charge in [-0.15, -0.1) is 0 Å². The molecular formula is C16H14F2O3. The molecule has 0 radical (unpaired) electrons. The van der Waals surface area contributed by atoms with Crippen molar-refractivity contribution in [2.45, 2.75) is 6.92 Å². The molecule has 2 aromatic carbocycles. The fourth-order valence-electron chi connectivity index (χ4n) is 2.04. The first-order valence-electron chi connectivity index (χ1n) is 6.21. The van der Waals surface area contributed by atoms with Crippen LogP contribution in [0, 0.1) is 18.6 Å². The molecule has 0 unspecified atom stereocenters. The number of carbonyl (C=O) groups is 1. The third-order valence-corrected chi connectivity index (χ3v) is 3.15. The molecule has 0 saturated heterocycles. The van der Waals surface area contributed by atoms with Crippen molar-refractivity contribution in [3.63, 3.8) is 0 Å². The zero-order valence-corrected chi connectivity index (χ0v) is 11.9. The lowest BCUT2D eigenvalue weighted by molar-refractivity contribution is 0.102. The predicted octanol–water partition coefficient (Wildman–Crippen LogP) is 3.52. The van der Waals surface area contributed by atoms with E-state index < -0.39 is 17.4 Å². The SMILES string of the molecule is COc1cccc(OC)c1C(=O)c1cc(C)c(F)cc1F. The van der Waals surface area contributed by atoms with Crippen molar-refractivity contribution >= 4 is 5.78 Å². The summed E-state index contributed by atoms with van der Waals surface area (Å²) in [7, 11) is 2.80. The Morgan fingerprint density at radius 3 is 2.10 bits per heavy atom. The van der Waals surface area contributed by atoms with E-state index in [1.165, 1.54) is 27.2 Å². The highest BCUT2D eigenvalue weighted by Gasteiger charge is 2.23. The highest BCUT2D eigenvalue weighted by Crippen LogP contribution is 2.31. The maximum Gasteiger partial charge on any atom is 0.203 e. The van der Waals surface area contributed by atoms with Gasteiger partial charge in [0.2, 0.25) is 5.78 Å². The van der Waals surface area contributed by atoms with Gasteiger partial charge >= 0.3 is 0 Å². The smallest absolute Gasteiger partial charge is 0.203 e. The zero-order chi connectivity index (χ0) is 15.6. The van der Waals surface area contributed by atoms with E-state index in [0.29, 0.717) is 6.07 Å². The quantitative estimate of drug-likeness (QED) is 0.809. The van der Waals surface area contributed by atoms with E-state index in [4.69, 9.17) is 9.47 Å². The van der Waals surface area contributed by atoms with Crippen LogP contribution in [0.5, 0.6) is 11.5 Å². The van der Waals surface area contributed by atoms with Crippen LogP contribution in [0.3, 0.4) is 0 Å². The van der Waals surface area contributed by atoms with Crippen LogP contribution in [0.15, 0.2) is 30.3 Å². The van der Waals surface area contributed by atoms with E-state index in [-0.39, 0.29) is 28.2 Å². The summed E-state index contributed by atoms with van der Waals surface area (Å²) in [5, 5.41) is 0. The Kier molecular flexibility index (Phi) is 4.21. The van der Waals surface area contributed by atoms with Gasteiger partial charge in [0.25, 0.3) is 0 Å². The second-order valence-electron chi connectivity index (χ2n) is 4.45. The molecule has 110 valence electrons. The number of carbonyl (C=O) groups excluding carboxylic acids is 1. The van der Waals surface area contributed by atoms with Crippen molar-refractivity contribution in [3.05, 3.63) is 58.7 Å². The van der Waals surface area contributed by atoms with Crippen molar-refractivity contribution in [1.29, 1.82) is 0 Å². The summed E-state index contributed by atoms with van der Waals surface area (Å²) in [5.41, 5.74) is 0.0673. The number of hydrogen-bond acceptors (Lipinski definition) is 3. The van der Waals surface area contributed by atoms with Crippen molar-refractivity contribution in [2.75, 3.05) is 14.2 Å². The third kappa shape index (κ3) is 2.72. The Balaban J connectivity index is 2.63. The normalized spacial score (nSPS) is 10.3. The average molecular weight is 292 g/mol. The molecule has 3 nitrogen and oxygen atoms in total. The van der Waals surface area contributed by atoms with Crippen LogP contribution in [0.25, 0.3) is 0 Å². The number of methoxy groups -OCH3 is 2. The first kappa shape index (κ1) is 15.0. The first-order valence-corrected chi connectivity index (χ1v) is 6.21. The summed E-state index contributed by atoms with van der Waals surface area (Å²) in [6.07, 6.45) is 0. The summed E-state index contributed by atoms with van der Waals surface area (Å²) in [6.45, 7) is 1.46. The molecule has 0 saturated carbocycles. The molecule has 2 aromatic rings. The minimum atomic E-state index is -0.920. The van der Waals surface area contributed by atoms with Crippen molar-refractivity contribution in [3.8, 4) is 11.5 Å². The van der Waals surface area contributed by atoms with E-state index in [1.807, 2.05) is 0 Å². The largest absolute Gasteiger partial charge is 0.496 e. The third-order valence-electron chi connectivity index (χ3n) is 3.15. The molecule has 0 heterocycles. The Morgan fingerprint density at radius 1 is 1.00 bits per heavy atom. The van der Waals surface area contributed by atoms with Crippen LogP contribution < -0.4 is 9.47 Å². The Morgan fingerprint density at radius 2 is 1.57 bits per heavy atom. The van der Waals surface area contributed by atoms with Gasteiger partial charge in [-0.2, -0.15) is 0 Å². The van der Waals surface area contributed by atoms with Gasteiger partial charge in [-0.1, -0.05) is 6.07 Å². The van der Waals surface area contributed by atoms with E-state index in [0.717, 1.165) is 0 Å². The second kappa shape index (κ2) is 5.91. The average Bonchev–Trinajstić information content (AvgIpc) is 2.49. The molecule has 2 rings (SSSR count). The van der Waals surface area contributed by atoms with Gasteiger partial charge in [-0.05, 0) is 30.7 Å². The molecule has 0 aliphatic heterocycles.